The van der Waals surface area contributed by atoms with Crippen molar-refractivity contribution in [2.24, 2.45) is 11.8 Å². The van der Waals surface area contributed by atoms with E-state index in [4.69, 9.17) is 0 Å². The van der Waals surface area contributed by atoms with Crippen LogP contribution in [0.15, 0.2) is 18.2 Å². The molecule has 2 aliphatic rings. The van der Waals surface area contributed by atoms with E-state index in [1.165, 1.54) is 0 Å². The Morgan fingerprint density at radius 3 is 2.84 bits per heavy atom. The first kappa shape index (κ1) is 17.8. The van der Waals surface area contributed by atoms with Crippen molar-refractivity contribution in [2.45, 2.75) is 57.5 Å². The first-order chi connectivity index (χ1) is 12.0. The van der Waals surface area contributed by atoms with E-state index < -0.39 is 17.5 Å². The summed E-state index contributed by atoms with van der Waals surface area (Å²) < 4.78 is 26.7. The van der Waals surface area contributed by atoms with Crippen molar-refractivity contribution in [1.29, 1.82) is 0 Å². The van der Waals surface area contributed by atoms with Gasteiger partial charge in [0.15, 0.2) is 0 Å². The monoisotopic (exact) mass is 350 g/mol. The Labute approximate surface area is 146 Å². The number of hydrogen-bond acceptors (Lipinski definition) is 2. The zero-order valence-corrected chi connectivity index (χ0v) is 14.4. The van der Waals surface area contributed by atoms with Crippen LogP contribution in [-0.4, -0.2) is 23.9 Å². The van der Waals surface area contributed by atoms with Gasteiger partial charge in [0.05, 0.1) is 5.56 Å². The maximum Gasteiger partial charge on any atom is 0.254 e. The summed E-state index contributed by atoms with van der Waals surface area (Å²) >= 11 is 0. The number of carbonyl (C=O) groups is 2. The van der Waals surface area contributed by atoms with Gasteiger partial charge in [-0.15, -0.1) is 0 Å². The molecule has 0 radical (unpaired) electrons. The Kier molecular flexibility index (Phi) is 5.35. The highest BCUT2D eigenvalue weighted by atomic mass is 19.1. The number of nitrogens with one attached hydrogen (secondary N) is 2. The maximum atomic E-state index is 13.8. The molecule has 4 atom stereocenters. The van der Waals surface area contributed by atoms with Crippen molar-refractivity contribution in [3.05, 3.63) is 35.4 Å². The summed E-state index contributed by atoms with van der Waals surface area (Å²) in [6.07, 6.45) is 5.11. The third-order valence-electron chi connectivity index (χ3n) is 5.47. The van der Waals surface area contributed by atoms with Gasteiger partial charge in [0.2, 0.25) is 5.91 Å². The predicted octanol–water partition coefficient (Wildman–Crippen LogP) is 3.17. The molecular formula is C19H24F2N2O2. The van der Waals surface area contributed by atoms with Crippen LogP contribution in [0.1, 0.15) is 55.8 Å². The van der Waals surface area contributed by atoms with Gasteiger partial charge in [-0.3, -0.25) is 9.59 Å². The first-order valence-corrected chi connectivity index (χ1v) is 9.03. The van der Waals surface area contributed by atoms with Crippen molar-refractivity contribution in [3.8, 4) is 0 Å². The number of hydrogen-bond donors (Lipinski definition) is 2. The number of piperidine rings is 1. The van der Waals surface area contributed by atoms with Gasteiger partial charge < -0.3 is 10.6 Å². The molecular weight excluding hydrogens is 326 g/mol. The fraction of sp³-hybridized carbons (Fsp3) is 0.579. The van der Waals surface area contributed by atoms with E-state index in [9.17, 15) is 18.4 Å². The zero-order chi connectivity index (χ0) is 18.0. The second kappa shape index (κ2) is 7.50. The predicted molar refractivity (Wildman–Crippen MR) is 89.9 cm³/mol. The molecule has 1 aromatic rings. The zero-order valence-electron chi connectivity index (χ0n) is 14.4. The Morgan fingerprint density at radius 1 is 1.32 bits per heavy atom. The Bertz CT molecular complexity index is 665. The number of carbonyl (C=O) groups excluding carboxylic acids is 2. The minimum absolute atomic E-state index is 0.0647. The topological polar surface area (TPSA) is 58.2 Å². The second-order valence-electron chi connectivity index (χ2n) is 7.20. The molecule has 0 aromatic heterocycles. The van der Waals surface area contributed by atoms with Crippen LogP contribution < -0.4 is 10.6 Å². The van der Waals surface area contributed by atoms with Gasteiger partial charge in [-0.25, -0.2) is 8.78 Å². The third-order valence-corrected chi connectivity index (χ3v) is 5.47. The molecule has 1 aliphatic heterocycles. The van der Waals surface area contributed by atoms with E-state index >= 15 is 0 Å². The molecule has 2 amide bonds. The van der Waals surface area contributed by atoms with Gasteiger partial charge in [0, 0.05) is 24.6 Å². The molecule has 1 saturated heterocycles. The summed E-state index contributed by atoms with van der Waals surface area (Å²) in [5.41, 5.74) is -0.153. The fourth-order valence-electron chi connectivity index (χ4n) is 4.33. The van der Waals surface area contributed by atoms with E-state index in [0.717, 1.165) is 37.8 Å². The van der Waals surface area contributed by atoms with Gasteiger partial charge in [0.25, 0.3) is 5.91 Å². The lowest BCUT2D eigenvalue weighted by Gasteiger charge is -2.44. The number of halogens is 2. The van der Waals surface area contributed by atoms with E-state index in [1.54, 1.807) is 0 Å². The van der Waals surface area contributed by atoms with Crippen LogP contribution in [0.2, 0.25) is 0 Å². The van der Waals surface area contributed by atoms with Crippen LogP contribution in [0.25, 0.3) is 0 Å². The average Bonchev–Trinajstić information content (AvgIpc) is 2.54. The fourth-order valence-corrected chi connectivity index (χ4v) is 4.33. The lowest BCUT2D eigenvalue weighted by molar-refractivity contribution is -0.127. The van der Waals surface area contributed by atoms with Gasteiger partial charge in [0.1, 0.15) is 11.6 Å². The number of amides is 2. The first-order valence-electron chi connectivity index (χ1n) is 9.03. The van der Waals surface area contributed by atoms with E-state index in [0.29, 0.717) is 30.7 Å². The SMILES string of the molecule is CCCC1CC(=O)NC2CC(NC(=O)c3ccc(F)cc3F)CCC12. The molecule has 2 fully saturated rings. The normalized spacial score (nSPS) is 28.8. The highest BCUT2D eigenvalue weighted by Gasteiger charge is 2.40. The Hall–Kier alpha value is -1.98. The summed E-state index contributed by atoms with van der Waals surface area (Å²) in [5, 5.41) is 5.89. The van der Waals surface area contributed by atoms with Crippen molar-refractivity contribution < 1.29 is 18.4 Å². The second-order valence-corrected chi connectivity index (χ2v) is 7.20. The van der Waals surface area contributed by atoms with Crippen molar-refractivity contribution in [2.75, 3.05) is 0 Å². The van der Waals surface area contributed by atoms with Crippen molar-refractivity contribution in [3.63, 3.8) is 0 Å². The smallest absolute Gasteiger partial charge is 0.254 e. The highest BCUT2D eigenvalue weighted by Crippen LogP contribution is 2.37. The van der Waals surface area contributed by atoms with Crippen LogP contribution in [0.3, 0.4) is 0 Å². The molecule has 0 bridgehead atoms. The summed E-state index contributed by atoms with van der Waals surface area (Å²) in [4.78, 5) is 24.2. The van der Waals surface area contributed by atoms with Crippen LogP contribution in [0, 0.1) is 23.5 Å². The molecule has 4 unspecified atom stereocenters. The molecule has 136 valence electrons. The summed E-state index contributed by atoms with van der Waals surface area (Å²) in [6.45, 7) is 2.13. The molecule has 1 saturated carbocycles. The van der Waals surface area contributed by atoms with Crippen LogP contribution in [-0.2, 0) is 4.79 Å². The van der Waals surface area contributed by atoms with Gasteiger partial charge in [-0.2, -0.15) is 0 Å². The molecule has 6 heteroatoms. The van der Waals surface area contributed by atoms with Crippen molar-refractivity contribution in [1.82, 2.24) is 10.6 Å². The standard InChI is InChI=1S/C19H24F2N2O2/c1-2-3-11-8-18(24)23-17-10-13(5-7-14(11)17)22-19(25)15-6-4-12(20)9-16(15)21/h4,6,9,11,13-14,17H,2-3,5,7-8,10H2,1H3,(H,22,25)(H,23,24). The average molecular weight is 350 g/mol. The van der Waals surface area contributed by atoms with Crippen LogP contribution >= 0.6 is 0 Å². The lowest BCUT2D eigenvalue weighted by Crippen LogP contribution is -2.55. The summed E-state index contributed by atoms with van der Waals surface area (Å²) in [5.74, 6) is -1.16. The molecule has 1 aromatic carbocycles. The number of rotatable bonds is 4. The van der Waals surface area contributed by atoms with E-state index in [1.807, 2.05) is 0 Å². The summed E-state index contributed by atoms with van der Waals surface area (Å²) in [6, 6.07) is 2.90. The molecule has 1 aliphatic carbocycles. The van der Waals surface area contributed by atoms with Gasteiger partial charge >= 0.3 is 0 Å². The quantitative estimate of drug-likeness (QED) is 0.876. The Balaban J connectivity index is 1.64. The molecule has 25 heavy (non-hydrogen) atoms. The molecule has 3 rings (SSSR count). The molecule has 4 nitrogen and oxygen atoms in total. The number of fused-ring (bicyclic) bond motifs is 1. The number of benzene rings is 1. The minimum Gasteiger partial charge on any atom is -0.353 e. The minimum atomic E-state index is -0.861. The third kappa shape index (κ3) is 3.99. The van der Waals surface area contributed by atoms with Crippen molar-refractivity contribution >= 4 is 11.8 Å². The molecule has 2 N–H and O–H groups in total. The molecule has 1 heterocycles. The van der Waals surface area contributed by atoms with Crippen LogP contribution in [0.4, 0.5) is 8.78 Å². The van der Waals surface area contributed by atoms with E-state index in [2.05, 4.69) is 17.6 Å². The highest BCUT2D eigenvalue weighted by molar-refractivity contribution is 5.94. The van der Waals surface area contributed by atoms with Gasteiger partial charge in [-0.1, -0.05) is 13.3 Å². The van der Waals surface area contributed by atoms with Crippen LogP contribution in [0.5, 0.6) is 0 Å². The summed E-state index contributed by atoms with van der Waals surface area (Å²) in [7, 11) is 0. The maximum absolute atomic E-state index is 13.8. The Morgan fingerprint density at radius 2 is 2.12 bits per heavy atom. The largest absolute Gasteiger partial charge is 0.353 e. The van der Waals surface area contributed by atoms with Gasteiger partial charge in [-0.05, 0) is 49.7 Å². The lowest BCUT2D eigenvalue weighted by atomic mass is 9.70. The van der Waals surface area contributed by atoms with E-state index in [-0.39, 0.29) is 23.6 Å². The molecule has 0 spiro atoms.